The smallest absolute Gasteiger partial charge is 0.321 e. The van der Waals surface area contributed by atoms with Crippen LogP contribution in [0.5, 0.6) is 0 Å². The molecule has 0 aromatic carbocycles. The molecule has 0 saturated carbocycles. The second kappa shape index (κ2) is 4.11. The molecule has 0 spiro atoms. The Hall–Kier alpha value is -0.770. The summed E-state index contributed by atoms with van der Waals surface area (Å²) in [6, 6.07) is -0.544. The van der Waals surface area contributed by atoms with Crippen molar-refractivity contribution >= 4 is 23.5 Å². The van der Waals surface area contributed by atoms with E-state index >= 15 is 0 Å². The first-order valence-electron chi connectivity index (χ1n) is 2.74. The molecule has 1 unspecified atom stereocenters. The van der Waals surface area contributed by atoms with Crippen LogP contribution in [0.3, 0.4) is 0 Å². The van der Waals surface area contributed by atoms with Gasteiger partial charge in [0.15, 0.2) is 0 Å². The first-order chi connectivity index (χ1) is 4.57. The largest absolute Gasteiger partial charge is 0.341 e. The van der Waals surface area contributed by atoms with Gasteiger partial charge < -0.3 is 5.32 Å². The van der Waals surface area contributed by atoms with E-state index in [1.54, 1.807) is 0 Å². The van der Waals surface area contributed by atoms with Crippen molar-refractivity contribution in [1.82, 2.24) is 10.6 Å². The van der Waals surface area contributed by atoms with Gasteiger partial charge >= 0.3 is 6.03 Å². The number of imide groups is 1. The minimum Gasteiger partial charge on any atom is -0.341 e. The third-order valence-electron chi connectivity index (χ3n) is 0.825. The van der Waals surface area contributed by atoms with Gasteiger partial charge in [0.25, 0.3) is 0 Å². The maximum atomic E-state index is 10.6. The molecule has 0 aromatic rings. The highest BCUT2D eigenvalue weighted by Crippen LogP contribution is 1.91. The fourth-order valence-corrected chi connectivity index (χ4v) is 0.328. The van der Waals surface area contributed by atoms with Gasteiger partial charge in [0.2, 0.25) is 5.91 Å². The van der Waals surface area contributed by atoms with Gasteiger partial charge in [-0.1, -0.05) is 0 Å². The second-order valence-corrected chi connectivity index (χ2v) is 2.34. The number of rotatable bonds is 1. The first-order valence-corrected chi connectivity index (χ1v) is 3.18. The van der Waals surface area contributed by atoms with Crippen molar-refractivity contribution in [3.8, 4) is 0 Å². The van der Waals surface area contributed by atoms with Gasteiger partial charge in [0.1, 0.15) is 5.38 Å². The highest BCUT2D eigenvalue weighted by atomic mass is 35.5. The molecule has 1 atom stereocenters. The fourth-order valence-electron chi connectivity index (χ4n) is 0.274. The molecule has 4 nitrogen and oxygen atoms in total. The predicted octanol–water partition coefficient (Wildman–Crippen LogP) is 0.0693. The Kier molecular flexibility index (Phi) is 3.79. The maximum absolute atomic E-state index is 10.6. The van der Waals surface area contributed by atoms with Gasteiger partial charge in [-0.15, -0.1) is 11.6 Å². The average Bonchev–Trinajstić information content (AvgIpc) is 1.87. The van der Waals surface area contributed by atoms with E-state index in [0.717, 1.165) is 0 Å². The number of amides is 3. The Bertz CT molecular complexity index is 147. The molecule has 10 heavy (non-hydrogen) atoms. The monoisotopic (exact) mass is 164 g/mol. The van der Waals surface area contributed by atoms with E-state index in [2.05, 4.69) is 5.32 Å². The fraction of sp³-hybridized carbons (Fsp3) is 0.600. The molecule has 0 bridgehead atoms. The van der Waals surface area contributed by atoms with Crippen LogP contribution < -0.4 is 10.6 Å². The van der Waals surface area contributed by atoms with Crippen LogP contribution in [0.15, 0.2) is 0 Å². The number of halogens is 1. The van der Waals surface area contributed by atoms with E-state index in [0.29, 0.717) is 0 Å². The summed E-state index contributed by atoms with van der Waals surface area (Å²) in [6.45, 7) is 1.49. The van der Waals surface area contributed by atoms with E-state index < -0.39 is 17.3 Å². The van der Waals surface area contributed by atoms with Crippen LogP contribution in [0.25, 0.3) is 0 Å². The van der Waals surface area contributed by atoms with Gasteiger partial charge in [-0.05, 0) is 6.92 Å². The molecule has 0 fully saturated rings. The number of urea groups is 1. The van der Waals surface area contributed by atoms with Gasteiger partial charge in [-0.25, -0.2) is 4.79 Å². The summed E-state index contributed by atoms with van der Waals surface area (Å²) < 4.78 is 0. The second-order valence-electron chi connectivity index (χ2n) is 1.68. The van der Waals surface area contributed by atoms with Gasteiger partial charge in [0, 0.05) is 7.05 Å². The summed E-state index contributed by atoms with van der Waals surface area (Å²) in [7, 11) is 1.42. The summed E-state index contributed by atoms with van der Waals surface area (Å²) >= 11 is 5.34. The van der Waals surface area contributed by atoms with Crippen molar-refractivity contribution < 1.29 is 9.59 Å². The van der Waals surface area contributed by atoms with E-state index in [1.807, 2.05) is 5.32 Å². The topological polar surface area (TPSA) is 58.2 Å². The normalized spacial score (nSPS) is 11.9. The molecule has 5 heteroatoms. The summed E-state index contributed by atoms with van der Waals surface area (Å²) in [5.41, 5.74) is 0. The van der Waals surface area contributed by atoms with E-state index in [-0.39, 0.29) is 0 Å². The number of carbonyl (C=O) groups excluding carboxylic acids is 2. The zero-order valence-electron chi connectivity index (χ0n) is 5.77. The van der Waals surface area contributed by atoms with Crippen LogP contribution in [0.1, 0.15) is 6.92 Å². The highest BCUT2D eigenvalue weighted by molar-refractivity contribution is 6.31. The number of alkyl halides is 1. The molecule has 0 aliphatic heterocycles. The Morgan fingerprint density at radius 3 is 2.30 bits per heavy atom. The zero-order chi connectivity index (χ0) is 8.15. The molecule has 3 amide bonds. The van der Waals surface area contributed by atoms with Crippen molar-refractivity contribution in [2.24, 2.45) is 0 Å². The third kappa shape index (κ3) is 3.29. The lowest BCUT2D eigenvalue weighted by molar-refractivity contribution is -0.119. The van der Waals surface area contributed by atoms with Crippen LogP contribution in [0, 0.1) is 0 Å². The molecular weight excluding hydrogens is 156 g/mol. The number of hydrogen-bond donors (Lipinski definition) is 2. The van der Waals surface area contributed by atoms with Gasteiger partial charge in [0.05, 0.1) is 0 Å². The quantitative estimate of drug-likeness (QED) is 0.539. The van der Waals surface area contributed by atoms with E-state index in [4.69, 9.17) is 11.6 Å². The number of nitrogens with one attached hydrogen (secondary N) is 2. The molecule has 58 valence electrons. The Morgan fingerprint density at radius 1 is 1.50 bits per heavy atom. The van der Waals surface area contributed by atoms with Crippen molar-refractivity contribution in [2.45, 2.75) is 12.3 Å². The number of carbonyl (C=O) groups is 2. The van der Waals surface area contributed by atoms with E-state index in [1.165, 1.54) is 14.0 Å². The Labute approximate surface area is 63.9 Å². The molecule has 0 rings (SSSR count). The minimum atomic E-state index is -0.683. The Morgan fingerprint density at radius 2 is 2.00 bits per heavy atom. The maximum Gasteiger partial charge on any atom is 0.321 e. The predicted molar refractivity (Wildman–Crippen MR) is 37.9 cm³/mol. The molecular formula is C5H9ClN2O2. The molecule has 0 aliphatic rings. The molecule has 0 saturated heterocycles. The summed E-state index contributed by atoms with van der Waals surface area (Å²) in [4.78, 5) is 21.0. The van der Waals surface area contributed by atoms with Crippen LogP contribution in [-0.4, -0.2) is 24.4 Å². The summed E-state index contributed by atoms with van der Waals surface area (Å²) in [5.74, 6) is -0.499. The van der Waals surface area contributed by atoms with Gasteiger partial charge in [-0.2, -0.15) is 0 Å². The number of hydrogen-bond acceptors (Lipinski definition) is 2. The molecule has 2 N–H and O–H groups in total. The summed E-state index contributed by atoms with van der Waals surface area (Å²) in [5, 5.41) is 3.55. The molecule has 0 aromatic heterocycles. The lowest BCUT2D eigenvalue weighted by Crippen LogP contribution is -2.40. The van der Waals surface area contributed by atoms with Crippen molar-refractivity contribution in [3.05, 3.63) is 0 Å². The minimum absolute atomic E-state index is 0.499. The third-order valence-corrected chi connectivity index (χ3v) is 1.02. The van der Waals surface area contributed by atoms with E-state index in [9.17, 15) is 9.59 Å². The molecule has 0 radical (unpaired) electrons. The van der Waals surface area contributed by atoms with Crippen molar-refractivity contribution in [3.63, 3.8) is 0 Å². The Balaban J connectivity index is 3.69. The lowest BCUT2D eigenvalue weighted by Gasteiger charge is -2.02. The van der Waals surface area contributed by atoms with Crippen LogP contribution in [-0.2, 0) is 4.79 Å². The highest BCUT2D eigenvalue weighted by Gasteiger charge is 2.10. The first kappa shape index (κ1) is 9.23. The van der Waals surface area contributed by atoms with Crippen LogP contribution in [0.2, 0.25) is 0 Å². The zero-order valence-corrected chi connectivity index (χ0v) is 6.53. The standard InChI is InChI=1S/C5H9ClN2O2/c1-3(6)4(9)8-5(10)7-2/h3H,1-2H3,(H2,7,8,9,10). The average molecular weight is 165 g/mol. The lowest BCUT2D eigenvalue weighted by atomic mass is 10.4. The van der Waals surface area contributed by atoms with Crippen LogP contribution >= 0.6 is 11.6 Å². The molecule has 0 aliphatic carbocycles. The molecule has 0 heterocycles. The van der Waals surface area contributed by atoms with Gasteiger partial charge in [-0.3, -0.25) is 10.1 Å². The SMILES string of the molecule is CNC(=O)NC(=O)C(C)Cl. The van der Waals surface area contributed by atoms with Crippen molar-refractivity contribution in [1.29, 1.82) is 0 Å². The van der Waals surface area contributed by atoms with Crippen molar-refractivity contribution in [2.75, 3.05) is 7.05 Å². The van der Waals surface area contributed by atoms with Crippen LogP contribution in [0.4, 0.5) is 4.79 Å². The summed E-state index contributed by atoms with van der Waals surface area (Å²) in [6.07, 6.45) is 0.